The second kappa shape index (κ2) is 10.4. The van der Waals surface area contributed by atoms with Crippen molar-refractivity contribution in [1.29, 1.82) is 10.5 Å². The van der Waals surface area contributed by atoms with E-state index in [2.05, 4.69) is 9.69 Å². The maximum Gasteiger partial charge on any atom is 0.197 e. The first-order valence-electron chi connectivity index (χ1n) is 14.8. The number of nitrogens with zero attached hydrogens (tertiary/aromatic N) is 6. The van der Waals surface area contributed by atoms with Crippen molar-refractivity contribution in [2.24, 2.45) is 0 Å². The number of carbonyl (C=O) groups is 4. The summed E-state index contributed by atoms with van der Waals surface area (Å²) in [5.74, 6) is -2.07. The Balaban J connectivity index is 1.20. The molecule has 4 aliphatic rings. The van der Waals surface area contributed by atoms with Crippen molar-refractivity contribution in [1.82, 2.24) is 9.97 Å². The van der Waals surface area contributed by atoms with Crippen molar-refractivity contribution in [2.45, 2.75) is 37.5 Å². The predicted octanol–water partition coefficient (Wildman–Crippen LogP) is 7.60. The highest BCUT2D eigenvalue weighted by Gasteiger charge is 2.49. The van der Waals surface area contributed by atoms with E-state index >= 15 is 0 Å². The van der Waals surface area contributed by atoms with E-state index in [0.29, 0.717) is 10.0 Å². The number of Topliss-reactive ketones (excluding diaryl/α,β-unsaturated/α-hetero) is 4. The van der Waals surface area contributed by atoms with E-state index in [1.54, 1.807) is 0 Å². The number of fused-ring (bicyclic) bond motifs is 7. The molecule has 48 heavy (non-hydrogen) atoms. The standard InChI is InChI=1S/C36H16N6O4S2/c1-39-24-10-20-21(11-25(24)40-2)31(46)23(30(20)45)13-27-42-35-33(48-27)32-34(36(35)6-4-3-5-7-36)41-26(47-32)12-22-28(43)18-8-16(14-37)17(15-38)9-19(18)29(22)44/h8-13H,3-7H2. The molecular weight excluding hydrogens is 645 g/mol. The molecule has 2 aromatic carbocycles. The number of aromatic nitrogens is 2. The summed E-state index contributed by atoms with van der Waals surface area (Å²) in [7, 11) is 0. The van der Waals surface area contributed by atoms with E-state index < -0.39 is 28.5 Å². The number of rotatable bonds is 2. The average Bonchev–Trinajstić information content (AvgIpc) is 3.88. The van der Waals surface area contributed by atoms with Gasteiger partial charge in [0.15, 0.2) is 34.5 Å². The summed E-state index contributed by atoms with van der Waals surface area (Å²) in [5, 5.41) is 19.8. The second-order valence-electron chi connectivity index (χ2n) is 11.8. The lowest BCUT2D eigenvalue weighted by Gasteiger charge is -2.32. The van der Waals surface area contributed by atoms with Gasteiger partial charge in [0.25, 0.3) is 0 Å². The van der Waals surface area contributed by atoms with Crippen LogP contribution < -0.4 is 0 Å². The third-order valence-electron chi connectivity index (χ3n) is 9.35. The average molecular weight is 661 g/mol. The van der Waals surface area contributed by atoms with Gasteiger partial charge < -0.3 is 0 Å². The van der Waals surface area contributed by atoms with Gasteiger partial charge in [-0.15, -0.1) is 22.7 Å². The van der Waals surface area contributed by atoms with E-state index in [9.17, 15) is 29.7 Å². The molecule has 4 aliphatic carbocycles. The molecule has 226 valence electrons. The van der Waals surface area contributed by atoms with Crippen molar-refractivity contribution in [3.05, 3.63) is 113 Å². The molecule has 0 atom stereocenters. The van der Waals surface area contributed by atoms with Gasteiger partial charge in [-0.25, -0.2) is 9.97 Å². The van der Waals surface area contributed by atoms with Crippen molar-refractivity contribution < 1.29 is 19.2 Å². The highest BCUT2D eigenvalue weighted by molar-refractivity contribution is 7.23. The smallest absolute Gasteiger partial charge is 0.197 e. The Morgan fingerprint density at radius 1 is 0.667 bits per heavy atom. The highest BCUT2D eigenvalue weighted by atomic mass is 32.1. The van der Waals surface area contributed by atoms with Crippen LogP contribution >= 0.6 is 22.7 Å². The molecule has 10 nitrogen and oxygen atoms in total. The molecule has 0 N–H and O–H groups in total. The number of thiazole rings is 2. The Kier molecular flexibility index (Phi) is 6.35. The number of benzene rings is 2. The van der Waals surface area contributed by atoms with Crippen LogP contribution in [-0.2, 0) is 5.41 Å². The lowest BCUT2D eigenvalue weighted by atomic mass is 9.72. The number of hydrogen-bond donors (Lipinski definition) is 0. The Hall–Kier alpha value is -6.18. The molecule has 0 radical (unpaired) electrons. The summed E-state index contributed by atoms with van der Waals surface area (Å²) in [4.78, 5) is 71.6. The fraction of sp³-hybridized carbons (Fsp3) is 0.167. The Morgan fingerprint density at radius 2 is 1.06 bits per heavy atom. The zero-order chi connectivity index (χ0) is 33.5. The number of nitriles is 2. The van der Waals surface area contributed by atoms with E-state index in [1.165, 1.54) is 59.1 Å². The van der Waals surface area contributed by atoms with E-state index in [0.717, 1.165) is 53.2 Å². The molecule has 0 amide bonds. The Morgan fingerprint density at radius 3 is 1.44 bits per heavy atom. The molecule has 8 rings (SSSR count). The SMILES string of the molecule is [C-]#[N+]c1cc2c(cc1[N+]#[C-])C(=O)C(=Cc1nc3c(s1)-c1sc(C=C4C(=O)c5cc(C#N)c(C#N)cc5C4=O)nc1C31CCCCC1)C2=O. The molecule has 0 saturated heterocycles. The maximum atomic E-state index is 13.3. The van der Waals surface area contributed by atoms with Gasteiger partial charge in [-0.3, -0.25) is 28.9 Å². The topological polar surface area (TPSA) is 150 Å². The van der Waals surface area contributed by atoms with Crippen LogP contribution in [0.15, 0.2) is 35.4 Å². The minimum Gasteiger partial charge on any atom is -0.288 e. The van der Waals surface area contributed by atoms with Gasteiger partial charge in [-0.1, -0.05) is 31.4 Å². The van der Waals surface area contributed by atoms with Gasteiger partial charge >= 0.3 is 0 Å². The van der Waals surface area contributed by atoms with Gasteiger partial charge in [0, 0.05) is 22.3 Å². The zero-order valence-electron chi connectivity index (χ0n) is 24.6. The highest BCUT2D eigenvalue weighted by Crippen LogP contribution is 2.59. The van der Waals surface area contributed by atoms with Gasteiger partial charge in [0.05, 0.1) is 62.0 Å². The van der Waals surface area contributed by atoms with E-state index in [1.807, 2.05) is 12.1 Å². The largest absolute Gasteiger partial charge is 0.288 e. The maximum absolute atomic E-state index is 13.3. The fourth-order valence-electron chi connectivity index (χ4n) is 7.08. The van der Waals surface area contributed by atoms with Crippen LogP contribution in [0.4, 0.5) is 11.4 Å². The summed E-state index contributed by atoms with van der Waals surface area (Å²) in [6.45, 7) is 14.7. The summed E-state index contributed by atoms with van der Waals surface area (Å²) >= 11 is 2.67. The first kappa shape index (κ1) is 29.2. The first-order valence-corrected chi connectivity index (χ1v) is 16.4. The summed E-state index contributed by atoms with van der Waals surface area (Å²) in [6.07, 6.45) is 7.53. The molecule has 1 saturated carbocycles. The molecule has 1 spiro atoms. The van der Waals surface area contributed by atoms with Crippen LogP contribution in [0.2, 0.25) is 0 Å². The van der Waals surface area contributed by atoms with Gasteiger partial charge in [0.2, 0.25) is 0 Å². The molecule has 12 heteroatoms. The van der Waals surface area contributed by atoms with Gasteiger partial charge in [-0.2, -0.15) is 10.5 Å². The third kappa shape index (κ3) is 3.91. The number of hydrogen-bond acceptors (Lipinski definition) is 10. The zero-order valence-corrected chi connectivity index (χ0v) is 26.3. The summed E-state index contributed by atoms with van der Waals surface area (Å²) < 4.78 is 0. The molecule has 4 aromatic rings. The molecule has 2 heterocycles. The van der Waals surface area contributed by atoms with Crippen LogP contribution in [0.1, 0.15) is 106 Å². The summed E-state index contributed by atoms with van der Waals surface area (Å²) in [5.41, 5.74) is 1.54. The normalized spacial score (nSPS) is 16.5. The second-order valence-corrected chi connectivity index (χ2v) is 13.9. The van der Waals surface area contributed by atoms with Crippen molar-refractivity contribution in [3.63, 3.8) is 0 Å². The molecule has 2 aromatic heterocycles. The minimum atomic E-state index is -0.523. The predicted molar refractivity (Wildman–Crippen MR) is 175 cm³/mol. The van der Waals surface area contributed by atoms with Crippen LogP contribution in [0.3, 0.4) is 0 Å². The molecule has 1 fully saturated rings. The van der Waals surface area contributed by atoms with Gasteiger partial charge in [-0.05, 0) is 37.1 Å². The van der Waals surface area contributed by atoms with Crippen LogP contribution in [0, 0.1) is 35.8 Å². The van der Waals surface area contributed by atoms with Gasteiger partial charge in [0.1, 0.15) is 22.2 Å². The number of carbonyl (C=O) groups excluding carboxylic acids is 4. The number of allylic oxidation sites excluding steroid dienone is 2. The van der Waals surface area contributed by atoms with E-state index in [-0.39, 0.29) is 55.9 Å². The van der Waals surface area contributed by atoms with Crippen molar-refractivity contribution >= 4 is 69.3 Å². The number of ketones is 4. The molecule has 0 aliphatic heterocycles. The van der Waals surface area contributed by atoms with Crippen LogP contribution in [0.5, 0.6) is 0 Å². The fourth-order valence-corrected chi connectivity index (χ4v) is 9.43. The van der Waals surface area contributed by atoms with Crippen LogP contribution in [0.25, 0.3) is 31.6 Å². The van der Waals surface area contributed by atoms with Crippen LogP contribution in [-0.4, -0.2) is 33.1 Å². The molecule has 0 unspecified atom stereocenters. The Labute approximate surface area is 280 Å². The molecule has 0 bridgehead atoms. The van der Waals surface area contributed by atoms with Crippen molar-refractivity contribution in [3.8, 4) is 21.9 Å². The monoisotopic (exact) mass is 660 g/mol. The first-order chi connectivity index (χ1) is 23.2. The lowest BCUT2D eigenvalue weighted by Crippen LogP contribution is -2.29. The third-order valence-corrected chi connectivity index (χ3v) is 11.5. The lowest BCUT2D eigenvalue weighted by molar-refractivity contribution is 0.0975. The summed E-state index contributed by atoms with van der Waals surface area (Å²) in [6, 6.07) is 9.00. The van der Waals surface area contributed by atoms with Crippen molar-refractivity contribution in [2.75, 3.05) is 0 Å². The Bertz CT molecular complexity index is 2240. The van der Waals surface area contributed by atoms with E-state index in [4.69, 9.17) is 23.1 Å². The minimum absolute atomic E-state index is 0.0193. The quantitative estimate of drug-likeness (QED) is 0.121. The molecular formula is C36H16N6O4S2.